The number of anilines is 2. The third kappa shape index (κ3) is 3.80. The Morgan fingerprint density at radius 2 is 1.94 bits per heavy atom. The molecule has 2 N–H and O–H groups in total. The van der Waals surface area contributed by atoms with E-state index in [2.05, 4.69) is 10.6 Å². The number of carbonyl (C=O) groups excluding carboxylic acids is 2. The first kappa shape index (κ1) is 11.7. The molecule has 0 spiro atoms. The highest BCUT2D eigenvalue weighted by Crippen LogP contribution is 2.15. The Bertz CT molecular complexity index is 449. The van der Waals surface area contributed by atoms with Gasteiger partial charge in [0.15, 0.2) is 0 Å². The lowest BCUT2D eigenvalue weighted by Crippen LogP contribution is -2.11. The summed E-state index contributed by atoms with van der Waals surface area (Å²) in [5.41, 5.74) is 1.15. The molecule has 0 atom stereocenters. The van der Waals surface area contributed by atoms with Gasteiger partial charge in [-0.2, -0.15) is 5.26 Å². The molecule has 0 aromatic heterocycles. The maximum atomic E-state index is 11.1. The molecule has 0 fully saturated rings. The normalized spacial score (nSPS) is 9.00. The monoisotopic (exact) mass is 217 g/mol. The van der Waals surface area contributed by atoms with Gasteiger partial charge < -0.3 is 10.6 Å². The second-order valence-corrected chi connectivity index (χ2v) is 3.15. The Balaban J connectivity index is 2.71. The minimum absolute atomic E-state index is 0.180. The van der Waals surface area contributed by atoms with Crippen LogP contribution in [0.25, 0.3) is 0 Å². The van der Waals surface area contributed by atoms with Gasteiger partial charge in [0.1, 0.15) is 6.42 Å². The predicted octanol–water partition coefficient (Wildman–Crippen LogP) is 1.50. The summed E-state index contributed by atoms with van der Waals surface area (Å²) in [6.45, 7) is 1.40. The van der Waals surface area contributed by atoms with E-state index in [1.807, 2.05) is 0 Å². The van der Waals surface area contributed by atoms with Crippen molar-refractivity contribution in [2.24, 2.45) is 0 Å². The summed E-state index contributed by atoms with van der Waals surface area (Å²) in [5.74, 6) is -0.553. The van der Waals surface area contributed by atoms with Crippen molar-refractivity contribution in [1.29, 1.82) is 5.26 Å². The van der Waals surface area contributed by atoms with E-state index in [-0.39, 0.29) is 18.2 Å². The molecule has 0 bridgehead atoms. The van der Waals surface area contributed by atoms with E-state index in [1.54, 1.807) is 30.3 Å². The van der Waals surface area contributed by atoms with Crippen LogP contribution in [0.5, 0.6) is 0 Å². The second-order valence-electron chi connectivity index (χ2n) is 3.15. The molecule has 82 valence electrons. The van der Waals surface area contributed by atoms with Crippen LogP contribution in [0.2, 0.25) is 0 Å². The molecule has 0 aliphatic heterocycles. The van der Waals surface area contributed by atoms with Crippen molar-refractivity contribution in [2.75, 3.05) is 10.6 Å². The Kier molecular flexibility index (Phi) is 4.04. The Morgan fingerprint density at radius 3 is 2.50 bits per heavy atom. The van der Waals surface area contributed by atoms with Gasteiger partial charge in [-0.25, -0.2) is 0 Å². The van der Waals surface area contributed by atoms with E-state index in [4.69, 9.17) is 5.26 Å². The van der Waals surface area contributed by atoms with Crippen LogP contribution in [0.1, 0.15) is 13.3 Å². The lowest BCUT2D eigenvalue weighted by Gasteiger charge is -2.06. The average Bonchev–Trinajstić information content (AvgIpc) is 2.17. The minimum atomic E-state index is -0.373. The number of benzene rings is 1. The number of nitrogens with one attached hydrogen (secondary N) is 2. The first-order valence-electron chi connectivity index (χ1n) is 4.66. The molecule has 5 nitrogen and oxygen atoms in total. The molecule has 1 rings (SSSR count). The number of carbonyl (C=O) groups is 2. The van der Waals surface area contributed by atoms with Crippen molar-refractivity contribution in [2.45, 2.75) is 13.3 Å². The predicted molar refractivity (Wildman–Crippen MR) is 59.6 cm³/mol. The molecular weight excluding hydrogens is 206 g/mol. The summed E-state index contributed by atoms with van der Waals surface area (Å²) in [4.78, 5) is 21.9. The molecule has 0 aliphatic rings. The van der Waals surface area contributed by atoms with Crippen molar-refractivity contribution in [3.63, 3.8) is 0 Å². The van der Waals surface area contributed by atoms with E-state index < -0.39 is 0 Å². The van der Waals surface area contributed by atoms with Gasteiger partial charge >= 0.3 is 0 Å². The van der Waals surface area contributed by atoms with Crippen LogP contribution in [-0.4, -0.2) is 11.8 Å². The molecule has 2 amide bonds. The van der Waals surface area contributed by atoms with Crippen LogP contribution in [0.3, 0.4) is 0 Å². The zero-order valence-corrected chi connectivity index (χ0v) is 8.78. The highest BCUT2D eigenvalue weighted by Gasteiger charge is 2.02. The van der Waals surface area contributed by atoms with Crippen molar-refractivity contribution >= 4 is 23.2 Å². The number of nitriles is 1. The summed E-state index contributed by atoms with van der Waals surface area (Å²) >= 11 is 0. The maximum Gasteiger partial charge on any atom is 0.238 e. The van der Waals surface area contributed by atoms with Crippen molar-refractivity contribution in [3.05, 3.63) is 24.3 Å². The first-order valence-corrected chi connectivity index (χ1v) is 4.66. The summed E-state index contributed by atoms with van der Waals surface area (Å²) < 4.78 is 0. The highest BCUT2D eigenvalue weighted by molar-refractivity contribution is 5.94. The van der Waals surface area contributed by atoms with Crippen molar-refractivity contribution in [3.8, 4) is 6.07 Å². The molecular formula is C11H11N3O2. The number of rotatable bonds is 3. The minimum Gasteiger partial charge on any atom is -0.326 e. The number of nitrogens with zero attached hydrogens (tertiary/aromatic N) is 1. The smallest absolute Gasteiger partial charge is 0.238 e. The topological polar surface area (TPSA) is 82.0 Å². The largest absolute Gasteiger partial charge is 0.326 e. The highest BCUT2D eigenvalue weighted by atomic mass is 16.2. The molecule has 0 saturated heterocycles. The van der Waals surface area contributed by atoms with E-state index in [9.17, 15) is 9.59 Å². The van der Waals surface area contributed by atoms with Crippen molar-refractivity contribution in [1.82, 2.24) is 0 Å². The lowest BCUT2D eigenvalue weighted by atomic mass is 10.2. The third-order valence-corrected chi connectivity index (χ3v) is 1.71. The molecule has 1 aromatic rings. The second kappa shape index (κ2) is 5.51. The fraction of sp³-hybridized carbons (Fsp3) is 0.182. The molecule has 0 radical (unpaired) electrons. The van der Waals surface area contributed by atoms with Gasteiger partial charge in [-0.1, -0.05) is 6.07 Å². The molecule has 0 saturated carbocycles. The van der Waals surface area contributed by atoms with Gasteiger partial charge in [0.2, 0.25) is 11.8 Å². The average molecular weight is 217 g/mol. The van der Waals surface area contributed by atoms with Crippen LogP contribution >= 0.6 is 0 Å². The van der Waals surface area contributed by atoms with Crippen LogP contribution in [0.4, 0.5) is 11.4 Å². The molecule has 0 heterocycles. The van der Waals surface area contributed by atoms with Gasteiger partial charge in [-0.3, -0.25) is 9.59 Å². The standard InChI is InChI=1S/C11H11N3O2/c1-8(15)13-9-3-2-4-10(7-9)14-11(16)5-6-12/h2-4,7H,5H2,1H3,(H,13,15)(H,14,16). The van der Waals surface area contributed by atoms with Gasteiger partial charge in [0.05, 0.1) is 6.07 Å². The molecule has 16 heavy (non-hydrogen) atoms. The van der Waals surface area contributed by atoms with Crippen LogP contribution < -0.4 is 10.6 Å². The Hall–Kier alpha value is -2.35. The third-order valence-electron chi connectivity index (χ3n) is 1.71. The van der Waals surface area contributed by atoms with Crippen LogP contribution in [0.15, 0.2) is 24.3 Å². The molecule has 1 aromatic carbocycles. The summed E-state index contributed by atoms with van der Waals surface area (Å²) in [5, 5.41) is 13.5. The Labute approximate surface area is 93.1 Å². The first-order chi connectivity index (χ1) is 7.61. The Morgan fingerprint density at radius 1 is 1.31 bits per heavy atom. The quantitative estimate of drug-likeness (QED) is 0.804. The van der Waals surface area contributed by atoms with Gasteiger partial charge in [-0.05, 0) is 18.2 Å². The number of amides is 2. The molecule has 0 unspecified atom stereocenters. The molecule has 0 aliphatic carbocycles. The zero-order chi connectivity index (χ0) is 12.0. The van der Waals surface area contributed by atoms with Crippen LogP contribution in [-0.2, 0) is 9.59 Å². The van der Waals surface area contributed by atoms with E-state index in [0.29, 0.717) is 11.4 Å². The fourth-order valence-electron chi connectivity index (χ4n) is 1.15. The summed E-state index contributed by atoms with van der Waals surface area (Å²) in [6, 6.07) is 8.47. The molecule has 5 heteroatoms. The van der Waals surface area contributed by atoms with Crippen LogP contribution in [0, 0.1) is 11.3 Å². The number of hydrogen-bond donors (Lipinski definition) is 2. The fourth-order valence-corrected chi connectivity index (χ4v) is 1.15. The van der Waals surface area contributed by atoms with E-state index in [0.717, 1.165) is 0 Å². The SMILES string of the molecule is CC(=O)Nc1cccc(NC(=O)CC#N)c1. The lowest BCUT2D eigenvalue weighted by molar-refractivity contribution is -0.115. The van der Waals surface area contributed by atoms with Gasteiger partial charge in [0, 0.05) is 18.3 Å². The van der Waals surface area contributed by atoms with Crippen molar-refractivity contribution < 1.29 is 9.59 Å². The van der Waals surface area contributed by atoms with Gasteiger partial charge in [-0.15, -0.1) is 0 Å². The van der Waals surface area contributed by atoms with E-state index in [1.165, 1.54) is 6.92 Å². The van der Waals surface area contributed by atoms with E-state index >= 15 is 0 Å². The summed E-state index contributed by atoms with van der Waals surface area (Å²) in [7, 11) is 0. The summed E-state index contributed by atoms with van der Waals surface area (Å²) in [6.07, 6.45) is -0.190. The zero-order valence-electron chi connectivity index (χ0n) is 8.78. The number of hydrogen-bond acceptors (Lipinski definition) is 3. The van der Waals surface area contributed by atoms with Gasteiger partial charge in [0.25, 0.3) is 0 Å². The maximum absolute atomic E-state index is 11.1.